The summed E-state index contributed by atoms with van der Waals surface area (Å²) in [6.07, 6.45) is 0. The molecule has 0 aromatic heterocycles. The van der Waals surface area contributed by atoms with Crippen LogP contribution in [0.4, 0.5) is 11.4 Å². The Hall–Kier alpha value is -4.10. The molecule has 5 aromatic carbocycles. The molecule has 164 valence electrons. The molecule has 0 atom stereocenters. The number of hydrogen-bond acceptors (Lipinski definition) is 1. The summed E-state index contributed by atoms with van der Waals surface area (Å²) >= 11 is 0. The van der Waals surface area contributed by atoms with Crippen LogP contribution in [0.25, 0.3) is 33.4 Å². The Bertz CT molecular complexity index is 1420. The van der Waals surface area contributed by atoms with Crippen molar-refractivity contribution in [2.75, 3.05) is 5.32 Å². The van der Waals surface area contributed by atoms with E-state index in [0.717, 1.165) is 11.4 Å². The molecule has 0 saturated carbocycles. The standard InChI is InChI=1S/C33H27N/c1-33(2)31-16-10-9-15-29(31)30-22-27(17-18-32(30)33)34-28-20-25(23-11-5-3-6-12-23)19-26(21-28)24-13-7-4-8-14-24/h3-22,34H,1-2H3. The van der Waals surface area contributed by atoms with Gasteiger partial charge in [-0.2, -0.15) is 0 Å². The van der Waals surface area contributed by atoms with Crippen molar-refractivity contribution in [3.63, 3.8) is 0 Å². The Morgan fingerprint density at radius 3 is 1.65 bits per heavy atom. The molecule has 0 fully saturated rings. The van der Waals surface area contributed by atoms with Crippen LogP contribution in [0.2, 0.25) is 0 Å². The van der Waals surface area contributed by atoms with Crippen LogP contribution in [-0.4, -0.2) is 0 Å². The summed E-state index contributed by atoms with van der Waals surface area (Å²) in [7, 11) is 0. The first-order chi connectivity index (χ1) is 16.6. The van der Waals surface area contributed by atoms with Crippen molar-refractivity contribution in [2.24, 2.45) is 0 Å². The number of hydrogen-bond donors (Lipinski definition) is 1. The largest absolute Gasteiger partial charge is 0.355 e. The maximum atomic E-state index is 3.71. The molecule has 1 aliphatic rings. The molecule has 0 saturated heterocycles. The number of anilines is 2. The lowest BCUT2D eigenvalue weighted by Gasteiger charge is -2.21. The van der Waals surface area contributed by atoms with Gasteiger partial charge in [-0.05, 0) is 74.8 Å². The Balaban J connectivity index is 1.43. The third-order valence-corrected chi connectivity index (χ3v) is 7.02. The predicted octanol–water partition coefficient (Wildman–Crippen LogP) is 9.07. The molecule has 1 nitrogen and oxygen atoms in total. The van der Waals surface area contributed by atoms with Crippen LogP contribution in [0.3, 0.4) is 0 Å². The van der Waals surface area contributed by atoms with Gasteiger partial charge >= 0.3 is 0 Å². The minimum Gasteiger partial charge on any atom is -0.355 e. The molecule has 0 unspecified atom stereocenters. The first-order valence-electron chi connectivity index (χ1n) is 11.9. The van der Waals surface area contributed by atoms with Gasteiger partial charge in [-0.3, -0.25) is 0 Å². The molecule has 0 bridgehead atoms. The molecule has 0 radical (unpaired) electrons. The topological polar surface area (TPSA) is 12.0 Å². The number of fused-ring (bicyclic) bond motifs is 3. The van der Waals surface area contributed by atoms with Gasteiger partial charge in [0.1, 0.15) is 0 Å². The molecule has 0 aliphatic heterocycles. The number of rotatable bonds is 4. The zero-order valence-electron chi connectivity index (χ0n) is 19.5. The summed E-state index contributed by atoms with van der Waals surface area (Å²) in [5.74, 6) is 0. The average molecular weight is 438 g/mol. The zero-order chi connectivity index (χ0) is 23.1. The van der Waals surface area contributed by atoms with Crippen LogP contribution in [-0.2, 0) is 5.41 Å². The number of nitrogens with one attached hydrogen (secondary N) is 1. The zero-order valence-corrected chi connectivity index (χ0v) is 19.5. The van der Waals surface area contributed by atoms with Gasteiger partial charge in [0.25, 0.3) is 0 Å². The fourth-order valence-corrected chi connectivity index (χ4v) is 5.26. The molecule has 34 heavy (non-hydrogen) atoms. The smallest absolute Gasteiger partial charge is 0.0396 e. The summed E-state index contributed by atoms with van der Waals surface area (Å²) < 4.78 is 0. The van der Waals surface area contributed by atoms with Crippen LogP contribution >= 0.6 is 0 Å². The van der Waals surface area contributed by atoms with Crippen molar-refractivity contribution in [3.8, 4) is 33.4 Å². The van der Waals surface area contributed by atoms with E-state index >= 15 is 0 Å². The quantitative estimate of drug-likeness (QED) is 0.296. The molecule has 0 heterocycles. The first-order valence-corrected chi connectivity index (χ1v) is 11.9. The minimum atomic E-state index is 0.0260. The van der Waals surface area contributed by atoms with E-state index in [1.54, 1.807) is 0 Å². The van der Waals surface area contributed by atoms with Gasteiger partial charge in [-0.1, -0.05) is 105 Å². The Morgan fingerprint density at radius 2 is 1.00 bits per heavy atom. The molecule has 0 amide bonds. The summed E-state index contributed by atoms with van der Waals surface area (Å²) in [5.41, 5.74) is 12.5. The van der Waals surface area contributed by atoms with Crippen LogP contribution in [0.15, 0.2) is 121 Å². The Morgan fingerprint density at radius 1 is 0.441 bits per heavy atom. The minimum absolute atomic E-state index is 0.0260. The molecule has 0 spiro atoms. The molecule has 5 aromatic rings. The second-order valence-corrected chi connectivity index (χ2v) is 9.59. The highest BCUT2D eigenvalue weighted by Crippen LogP contribution is 2.49. The lowest BCUT2D eigenvalue weighted by atomic mass is 9.82. The third kappa shape index (κ3) is 3.50. The summed E-state index contributed by atoms with van der Waals surface area (Å²) in [4.78, 5) is 0. The monoisotopic (exact) mass is 437 g/mol. The van der Waals surface area contributed by atoms with E-state index in [1.165, 1.54) is 44.5 Å². The van der Waals surface area contributed by atoms with Crippen molar-refractivity contribution >= 4 is 11.4 Å². The summed E-state index contributed by atoms with van der Waals surface area (Å²) in [6.45, 7) is 4.64. The Kier molecular flexibility index (Phi) is 4.85. The van der Waals surface area contributed by atoms with E-state index in [4.69, 9.17) is 0 Å². The van der Waals surface area contributed by atoms with E-state index in [9.17, 15) is 0 Å². The molecule has 1 aliphatic carbocycles. The molecular formula is C33H27N. The van der Waals surface area contributed by atoms with Crippen molar-refractivity contribution in [2.45, 2.75) is 19.3 Å². The van der Waals surface area contributed by atoms with Gasteiger partial charge < -0.3 is 5.32 Å². The average Bonchev–Trinajstić information content (AvgIpc) is 3.11. The molecule has 1 N–H and O–H groups in total. The maximum Gasteiger partial charge on any atom is 0.0396 e. The fraction of sp³-hybridized carbons (Fsp3) is 0.0909. The van der Waals surface area contributed by atoms with Crippen molar-refractivity contribution in [3.05, 3.63) is 132 Å². The second-order valence-electron chi connectivity index (χ2n) is 9.59. The Labute approximate surface area is 201 Å². The predicted molar refractivity (Wildman–Crippen MR) is 145 cm³/mol. The van der Waals surface area contributed by atoms with E-state index in [1.807, 2.05) is 0 Å². The molecular weight excluding hydrogens is 410 g/mol. The number of benzene rings is 5. The summed E-state index contributed by atoms with van der Waals surface area (Å²) in [6, 6.07) is 43.5. The summed E-state index contributed by atoms with van der Waals surface area (Å²) in [5, 5.41) is 3.71. The highest BCUT2D eigenvalue weighted by Gasteiger charge is 2.34. The lowest BCUT2D eigenvalue weighted by molar-refractivity contribution is 0.660. The third-order valence-electron chi connectivity index (χ3n) is 7.02. The van der Waals surface area contributed by atoms with Crippen LogP contribution < -0.4 is 5.32 Å². The highest BCUT2D eigenvalue weighted by atomic mass is 14.9. The first kappa shape index (κ1) is 20.5. The van der Waals surface area contributed by atoms with E-state index in [0.29, 0.717) is 0 Å². The van der Waals surface area contributed by atoms with Gasteiger partial charge in [0, 0.05) is 16.8 Å². The molecule has 1 heteroatoms. The fourth-order valence-electron chi connectivity index (χ4n) is 5.26. The van der Waals surface area contributed by atoms with Gasteiger partial charge in [-0.25, -0.2) is 0 Å². The van der Waals surface area contributed by atoms with Crippen molar-refractivity contribution < 1.29 is 0 Å². The van der Waals surface area contributed by atoms with Crippen molar-refractivity contribution in [1.82, 2.24) is 0 Å². The van der Waals surface area contributed by atoms with Gasteiger partial charge in [0.2, 0.25) is 0 Å². The molecule has 6 rings (SSSR count). The van der Waals surface area contributed by atoms with E-state index in [2.05, 4.69) is 140 Å². The highest BCUT2D eigenvalue weighted by molar-refractivity contribution is 5.85. The van der Waals surface area contributed by atoms with Crippen LogP contribution in [0.1, 0.15) is 25.0 Å². The van der Waals surface area contributed by atoms with E-state index in [-0.39, 0.29) is 5.41 Å². The van der Waals surface area contributed by atoms with Gasteiger partial charge in [-0.15, -0.1) is 0 Å². The second kappa shape index (κ2) is 8.04. The van der Waals surface area contributed by atoms with Gasteiger partial charge in [0.15, 0.2) is 0 Å². The van der Waals surface area contributed by atoms with Crippen LogP contribution in [0.5, 0.6) is 0 Å². The maximum absolute atomic E-state index is 3.71. The van der Waals surface area contributed by atoms with Crippen LogP contribution in [0, 0.1) is 0 Å². The SMILES string of the molecule is CC1(C)c2ccccc2-c2cc(Nc3cc(-c4ccccc4)cc(-c4ccccc4)c3)ccc21. The normalized spacial score (nSPS) is 13.2. The van der Waals surface area contributed by atoms with Crippen molar-refractivity contribution in [1.29, 1.82) is 0 Å². The van der Waals surface area contributed by atoms with E-state index < -0.39 is 0 Å². The van der Waals surface area contributed by atoms with Gasteiger partial charge in [0.05, 0.1) is 0 Å². The lowest BCUT2D eigenvalue weighted by Crippen LogP contribution is -2.14.